The fourth-order valence-corrected chi connectivity index (χ4v) is 2.82. The van der Waals surface area contributed by atoms with Crippen LogP contribution < -0.4 is 5.32 Å². The van der Waals surface area contributed by atoms with Crippen molar-refractivity contribution in [3.63, 3.8) is 0 Å². The van der Waals surface area contributed by atoms with Gasteiger partial charge in [0.05, 0.1) is 0 Å². The van der Waals surface area contributed by atoms with Gasteiger partial charge in [-0.3, -0.25) is 4.79 Å². The Morgan fingerprint density at radius 1 is 1.19 bits per heavy atom. The fraction of sp³-hybridized carbons (Fsp3) is 0.222. The molecule has 0 aliphatic carbocycles. The van der Waals surface area contributed by atoms with Crippen LogP contribution in [0.25, 0.3) is 11.0 Å². The van der Waals surface area contributed by atoms with Crippen molar-refractivity contribution in [3.8, 4) is 0 Å². The standard InChI is InChI=1S/C18H14F5N3O/c1-10(25-17(27)12-5-13(19)8-14(20)6-12)9-26-15(18(21,22)23)7-11-3-2-4-24-16(11)26/h2-8,10H,9H2,1H3,(H,25,27)/t10-/m0/s1. The number of rotatable bonds is 4. The Hall–Kier alpha value is -2.97. The smallest absolute Gasteiger partial charge is 0.348 e. The number of nitrogens with zero attached hydrogens (tertiary/aromatic N) is 2. The summed E-state index contributed by atoms with van der Waals surface area (Å²) in [6.07, 6.45) is -3.23. The average molecular weight is 383 g/mol. The molecule has 0 spiro atoms. The number of aromatic nitrogens is 2. The summed E-state index contributed by atoms with van der Waals surface area (Å²) in [6.45, 7) is 1.27. The molecule has 0 radical (unpaired) electrons. The molecule has 0 aliphatic heterocycles. The van der Waals surface area contributed by atoms with Crippen molar-refractivity contribution in [1.82, 2.24) is 14.9 Å². The highest BCUT2D eigenvalue weighted by Gasteiger charge is 2.36. The van der Waals surface area contributed by atoms with E-state index in [4.69, 9.17) is 0 Å². The number of benzene rings is 1. The van der Waals surface area contributed by atoms with Gasteiger partial charge >= 0.3 is 6.18 Å². The number of fused-ring (bicyclic) bond motifs is 1. The molecule has 3 rings (SSSR count). The van der Waals surface area contributed by atoms with Gasteiger partial charge in [0.25, 0.3) is 5.91 Å². The van der Waals surface area contributed by atoms with Crippen LogP contribution >= 0.6 is 0 Å². The van der Waals surface area contributed by atoms with Crippen molar-refractivity contribution >= 4 is 16.9 Å². The highest BCUT2D eigenvalue weighted by atomic mass is 19.4. The molecule has 3 aromatic rings. The zero-order chi connectivity index (χ0) is 19.8. The largest absolute Gasteiger partial charge is 0.431 e. The quantitative estimate of drug-likeness (QED) is 0.688. The Balaban J connectivity index is 1.85. The highest BCUT2D eigenvalue weighted by Crippen LogP contribution is 2.33. The summed E-state index contributed by atoms with van der Waals surface area (Å²) < 4.78 is 67.4. The predicted octanol–water partition coefficient (Wildman–Crippen LogP) is 4.15. The number of carbonyl (C=O) groups excluding carboxylic acids is 1. The summed E-state index contributed by atoms with van der Waals surface area (Å²) in [5, 5.41) is 2.76. The van der Waals surface area contributed by atoms with E-state index < -0.39 is 35.5 Å². The molecule has 142 valence electrons. The fourth-order valence-electron chi connectivity index (χ4n) is 2.82. The Bertz CT molecular complexity index is 976. The lowest BCUT2D eigenvalue weighted by molar-refractivity contribution is -0.143. The van der Waals surface area contributed by atoms with Gasteiger partial charge in [0, 0.05) is 35.8 Å². The SMILES string of the molecule is C[C@@H](Cn1c(C(F)(F)F)cc2cccnc21)NC(=O)c1cc(F)cc(F)c1. The monoisotopic (exact) mass is 383 g/mol. The van der Waals surface area contributed by atoms with E-state index in [0.717, 1.165) is 22.8 Å². The van der Waals surface area contributed by atoms with Crippen molar-refractivity contribution in [2.24, 2.45) is 0 Å². The molecular weight excluding hydrogens is 369 g/mol. The minimum Gasteiger partial charge on any atom is -0.348 e. The van der Waals surface area contributed by atoms with Gasteiger partial charge in [-0.15, -0.1) is 0 Å². The van der Waals surface area contributed by atoms with Crippen molar-refractivity contribution in [2.75, 3.05) is 0 Å². The molecule has 1 aromatic carbocycles. The molecule has 1 amide bonds. The zero-order valence-corrected chi connectivity index (χ0v) is 14.0. The average Bonchev–Trinajstić information content (AvgIpc) is 2.93. The van der Waals surface area contributed by atoms with Crippen LogP contribution in [0.5, 0.6) is 0 Å². The second-order valence-electron chi connectivity index (χ2n) is 6.09. The Kier molecular flexibility index (Phi) is 4.86. The number of nitrogens with one attached hydrogen (secondary N) is 1. The first kappa shape index (κ1) is 18.8. The zero-order valence-electron chi connectivity index (χ0n) is 14.0. The van der Waals surface area contributed by atoms with E-state index in [-0.39, 0.29) is 17.8 Å². The van der Waals surface area contributed by atoms with Crippen LogP contribution in [0, 0.1) is 11.6 Å². The molecule has 27 heavy (non-hydrogen) atoms. The maximum absolute atomic E-state index is 13.3. The molecule has 0 aliphatic rings. The molecule has 2 aromatic heterocycles. The first-order valence-corrected chi connectivity index (χ1v) is 7.93. The summed E-state index contributed by atoms with van der Waals surface area (Å²) >= 11 is 0. The number of amides is 1. The van der Waals surface area contributed by atoms with Gasteiger partial charge in [0.1, 0.15) is 23.0 Å². The molecule has 0 saturated carbocycles. The van der Waals surface area contributed by atoms with E-state index in [9.17, 15) is 26.7 Å². The normalized spacial score (nSPS) is 13.0. The van der Waals surface area contributed by atoms with Crippen molar-refractivity contribution < 1.29 is 26.7 Å². The van der Waals surface area contributed by atoms with Crippen LogP contribution in [0.1, 0.15) is 23.0 Å². The molecule has 4 nitrogen and oxygen atoms in total. The summed E-state index contributed by atoms with van der Waals surface area (Å²) in [6, 6.07) is 5.57. The topological polar surface area (TPSA) is 46.9 Å². The number of pyridine rings is 1. The maximum Gasteiger partial charge on any atom is 0.431 e. The van der Waals surface area contributed by atoms with Crippen LogP contribution in [0.15, 0.2) is 42.6 Å². The maximum atomic E-state index is 13.3. The number of hydrogen-bond donors (Lipinski definition) is 1. The second kappa shape index (κ2) is 6.98. The van der Waals surface area contributed by atoms with E-state index in [1.807, 2.05) is 0 Å². The molecule has 2 heterocycles. The third kappa shape index (κ3) is 4.07. The summed E-state index contributed by atoms with van der Waals surface area (Å²) in [5.41, 5.74) is -1.03. The highest BCUT2D eigenvalue weighted by molar-refractivity contribution is 5.94. The predicted molar refractivity (Wildman–Crippen MR) is 88.0 cm³/mol. The van der Waals surface area contributed by atoms with Crippen LogP contribution in [-0.2, 0) is 12.7 Å². The van der Waals surface area contributed by atoms with Crippen LogP contribution in [-0.4, -0.2) is 21.5 Å². The minimum absolute atomic E-state index is 0.128. The molecule has 1 N–H and O–H groups in total. The summed E-state index contributed by atoms with van der Waals surface area (Å²) in [4.78, 5) is 16.1. The first-order valence-electron chi connectivity index (χ1n) is 7.93. The number of carbonyl (C=O) groups is 1. The Morgan fingerprint density at radius 2 is 1.85 bits per heavy atom. The molecule has 1 atom stereocenters. The number of hydrogen-bond acceptors (Lipinski definition) is 2. The lowest BCUT2D eigenvalue weighted by Gasteiger charge is -2.18. The van der Waals surface area contributed by atoms with Gasteiger partial charge in [-0.25, -0.2) is 13.8 Å². The van der Waals surface area contributed by atoms with Gasteiger partial charge in [-0.2, -0.15) is 13.2 Å². The van der Waals surface area contributed by atoms with Gasteiger partial charge in [0.2, 0.25) is 0 Å². The van der Waals surface area contributed by atoms with Crippen molar-refractivity contribution in [1.29, 1.82) is 0 Å². The van der Waals surface area contributed by atoms with Gasteiger partial charge < -0.3 is 9.88 Å². The molecule has 9 heteroatoms. The molecule has 0 unspecified atom stereocenters. The van der Waals surface area contributed by atoms with E-state index >= 15 is 0 Å². The van der Waals surface area contributed by atoms with E-state index in [1.54, 1.807) is 0 Å². The van der Waals surface area contributed by atoms with E-state index in [2.05, 4.69) is 10.3 Å². The van der Waals surface area contributed by atoms with E-state index in [1.165, 1.54) is 25.3 Å². The van der Waals surface area contributed by atoms with Gasteiger partial charge in [0.15, 0.2) is 0 Å². The molecule has 0 fully saturated rings. The van der Waals surface area contributed by atoms with Crippen LogP contribution in [0.2, 0.25) is 0 Å². The molecule has 0 saturated heterocycles. The van der Waals surface area contributed by atoms with Gasteiger partial charge in [-0.05, 0) is 37.3 Å². The second-order valence-corrected chi connectivity index (χ2v) is 6.09. The number of halogens is 5. The summed E-state index contributed by atoms with van der Waals surface area (Å²) in [5.74, 6) is -2.64. The third-order valence-corrected chi connectivity index (χ3v) is 3.90. The van der Waals surface area contributed by atoms with Crippen LogP contribution in [0.4, 0.5) is 22.0 Å². The third-order valence-electron chi connectivity index (χ3n) is 3.90. The van der Waals surface area contributed by atoms with E-state index in [0.29, 0.717) is 11.5 Å². The van der Waals surface area contributed by atoms with Crippen LogP contribution in [0.3, 0.4) is 0 Å². The lowest BCUT2D eigenvalue weighted by Crippen LogP contribution is -2.36. The molecule has 0 bridgehead atoms. The first-order chi connectivity index (χ1) is 12.6. The minimum atomic E-state index is -4.60. The molecular formula is C18H14F5N3O. The van der Waals surface area contributed by atoms with Crippen molar-refractivity contribution in [3.05, 3.63) is 65.5 Å². The van der Waals surface area contributed by atoms with Gasteiger partial charge in [-0.1, -0.05) is 0 Å². The lowest BCUT2D eigenvalue weighted by atomic mass is 10.2. The summed E-state index contributed by atoms with van der Waals surface area (Å²) in [7, 11) is 0. The Morgan fingerprint density at radius 3 is 2.48 bits per heavy atom. The Labute approximate surface area is 150 Å². The van der Waals surface area contributed by atoms with Crippen molar-refractivity contribution in [2.45, 2.75) is 25.7 Å². The number of alkyl halides is 3.